The summed E-state index contributed by atoms with van der Waals surface area (Å²) in [5, 5.41) is 3.85. The van der Waals surface area contributed by atoms with Crippen LogP contribution < -0.4 is 15.8 Å². The highest BCUT2D eigenvalue weighted by Gasteiger charge is 2.43. The van der Waals surface area contributed by atoms with E-state index in [-0.39, 0.29) is 11.5 Å². The molecule has 3 aliphatic rings. The molecule has 3 aromatic rings. The molecule has 2 unspecified atom stereocenters. The first-order chi connectivity index (χ1) is 16.0. The molecule has 0 saturated carbocycles. The molecule has 2 N–H and O–H groups in total. The van der Waals surface area contributed by atoms with Crippen LogP contribution in [0.4, 0.5) is 5.69 Å². The van der Waals surface area contributed by atoms with E-state index in [9.17, 15) is 9.59 Å². The maximum Gasteiger partial charge on any atom is 0.269 e. The molecule has 2 fully saturated rings. The molecular weight excluding hydrogens is 414 g/mol. The first kappa shape index (κ1) is 20.4. The van der Waals surface area contributed by atoms with Gasteiger partial charge in [0.2, 0.25) is 0 Å². The van der Waals surface area contributed by atoms with Gasteiger partial charge in [-0.05, 0) is 61.9 Å². The second-order valence-electron chi connectivity index (χ2n) is 9.65. The smallest absolute Gasteiger partial charge is 0.269 e. The molecule has 0 radical (unpaired) electrons. The van der Waals surface area contributed by atoms with Crippen molar-refractivity contribution in [1.82, 2.24) is 20.2 Å². The van der Waals surface area contributed by atoms with Crippen molar-refractivity contribution in [3.05, 3.63) is 68.8 Å². The van der Waals surface area contributed by atoms with E-state index in [1.54, 1.807) is 7.05 Å². The lowest BCUT2D eigenvalue weighted by Gasteiger charge is -2.36. The Labute approximate surface area is 192 Å². The van der Waals surface area contributed by atoms with Gasteiger partial charge in [0.05, 0.1) is 11.4 Å². The zero-order chi connectivity index (χ0) is 22.7. The van der Waals surface area contributed by atoms with Gasteiger partial charge in [-0.2, -0.15) is 0 Å². The van der Waals surface area contributed by atoms with Gasteiger partial charge >= 0.3 is 0 Å². The number of pyridine rings is 2. The first-order valence-electron chi connectivity index (χ1n) is 11.9. The number of H-pyrrole nitrogens is 1. The first-order valence-corrected chi connectivity index (χ1v) is 11.9. The van der Waals surface area contributed by atoms with E-state index in [2.05, 4.69) is 43.3 Å². The average molecular weight is 444 g/mol. The summed E-state index contributed by atoms with van der Waals surface area (Å²) >= 11 is 0. The number of hydrogen-bond acceptors (Lipinski definition) is 5. The summed E-state index contributed by atoms with van der Waals surface area (Å²) < 4.78 is 0. The van der Waals surface area contributed by atoms with Gasteiger partial charge in [0.15, 0.2) is 0 Å². The summed E-state index contributed by atoms with van der Waals surface area (Å²) in [5.74, 6) is -0.152. The lowest BCUT2D eigenvalue weighted by atomic mass is 10.0. The fourth-order valence-electron chi connectivity index (χ4n) is 6.13. The molecule has 2 aromatic heterocycles. The predicted octanol–water partition coefficient (Wildman–Crippen LogP) is 2.54. The topological polar surface area (TPSA) is 81.3 Å². The maximum absolute atomic E-state index is 12.5. The number of aromatic amines is 1. The minimum absolute atomic E-state index is 0.0921. The molecule has 170 valence electrons. The fourth-order valence-corrected chi connectivity index (χ4v) is 6.13. The van der Waals surface area contributed by atoms with E-state index >= 15 is 0 Å². The number of benzene rings is 1. The van der Waals surface area contributed by atoms with Gasteiger partial charge in [0, 0.05) is 55.2 Å². The molecule has 2 aliphatic heterocycles. The molecule has 1 aliphatic carbocycles. The van der Waals surface area contributed by atoms with Crippen LogP contribution in [0.2, 0.25) is 0 Å². The van der Waals surface area contributed by atoms with Gasteiger partial charge in [-0.15, -0.1) is 0 Å². The molecule has 7 nitrogen and oxygen atoms in total. The summed E-state index contributed by atoms with van der Waals surface area (Å²) in [6, 6.07) is 11.4. The SMILES string of the molecule is CNC(=O)c1ccc(N2CC3CC2CN3Cc2ccc3c4c(c(=O)[nH]c3c2)CCC4)c(C)n1. The van der Waals surface area contributed by atoms with Crippen molar-refractivity contribution in [2.45, 2.75) is 51.2 Å². The number of aryl methyl sites for hydroxylation is 2. The van der Waals surface area contributed by atoms with E-state index in [4.69, 9.17) is 0 Å². The lowest BCUT2D eigenvalue weighted by molar-refractivity contribution is 0.0958. The van der Waals surface area contributed by atoms with Crippen LogP contribution in [-0.4, -0.2) is 53.0 Å². The molecule has 33 heavy (non-hydrogen) atoms. The molecule has 6 rings (SSSR count). The van der Waals surface area contributed by atoms with Crippen molar-refractivity contribution in [1.29, 1.82) is 0 Å². The number of piperazine rings is 1. The number of nitrogens with zero attached hydrogens (tertiary/aromatic N) is 3. The Morgan fingerprint density at radius 3 is 2.76 bits per heavy atom. The number of hydrogen-bond donors (Lipinski definition) is 2. The number of likely N-dealkylation sites (tertiary alicyclic amines) is 1. The highest BCUT2D eigenvalue weighted by atomic mass is 16.1. The molecule has 1 aromatic carbocycles. The van der Waals surface area contributed by atoms with Crippen LogP contribution in [0.25, 0.3) is 10.9 Å². The van der Waals surface area contributed by atoms with Crippen LogP contribution in [0, 0.1) is 6.92 Å². The fraction of sp³-hybridized carbons (Fsp3) is 0.423. The normalized spacial score (nSPS) is 21.7. The van der Waals surface area contributed by atoms with Crippen LogP contribution in [0.3, 0.4) is 0 Å². The summed E-state index contributed by atoms with van der Waals surface area (Å²) in [4.78, 5) is 37.0. The van der Waals surface area contributed by atoms with E-state index in [0.29, 0.717) is 17.8 Å². The van der Waals surface area contributed by atoms with Crippen LogP contribution in [-0.2, 0) is 19.4 Å². The predicted molar refractivity (Wildman–Crippen MR) is 129 cm³/mol. The Kier molecular flexibility index (Phi) is 4.76. The Bertz CT molecular complexity index is 1330. The van der Waals surface area contributed by atoms with Crippen molar-refractivity contribution >= 4 is 22.5 Å². The summed E-state index contributed by atoms with van der Waals surface area (Å²) in [5.41, 5.74) is 7.06. The standard InChI is InChI=1S/C26H29N5O2/c1-15-24(9-8-22(28-15)26(33)27-2)31-14-17-11-18(31)13-30(17)12-16-6-7-20-19-4-3-5-21(19)25(32)29-23(20)10-16/h6-10,17-18H,3-5,11-14H2,1-2H3,(H,27,33)(H,29,32). The van der Waals surface area contributed by atoms with E-state index in [1.807, 2.05) is 19.1 Å². The second kappa shape index (κ2) is 7.70. The molecule has 2 bridgehead atoms. The van der Waals surface area contributed by atoms with E-state index in [0.717, 1.165) is 67.8 Å². The third-order valence-electron chi connectivity index (χ3n) is 7.72. The Hall–Kier alpha value is -3.19. The lowest BCUT2D eigenvalue weighted by Crippen LogP contribution is -2.46. The minimum atomic E-state index is -0.152. The van der Waals surface area contributed by atoms with Gasteiger partial charge in [0.25, 0.3) is 11.5 Å². The summed E-state index contributed by atoms with van der Waals surface area (Å²) in [6.07, 6.45) is 4.14. The number of carbonyl (C=O) groups excluding carboxylic acids is 1. The highest BCUT2D eigenvalue weighted by Crippen LogP contribution is 2.37. The number of aromatic nitrogens is 2. The summed E-state index contributed by atoms with van der Waals surface area (Å²) in [7, 11) is 1.63. The number of amides is 1. The number of fused-ring (bicyclic) bond motifs is 5. The van der Waals surface area contributed by atoms with E-state index < -0.39 is 0 Å². The Balaban J connectivity index is 1.19. The molecule has 4 heterocycles. The van der Waals surface area contributed by atoms with Gasteiger partial charge < -0.3 is 15.2 Å². The zero-order valence-corrected chi connectivity index (χ0v) is 19.1. The third kappa shape index (κ3) is 3.33. The average Bonchev–Trinajstić information content (AvgIpc) is 3.54. The van der Waals surface area contributed by atoms with Crippen molar-refractivity contribution in [2.75, 3.05) is 25.0 Å². The van der Waals surface area contributed by atoms with Crippen LogP contribution in [0.1, 0.15) is 45.7 Å². The van der Waals surface area contributed by atoms with E-state index in [1.165, 1.54) is 16.5 Å². The summed E-state index contributed by atoms with van der Waals surface area (Å²) in [6.45, 7) is 4.87. The third-order valence-corrected chi connectivity index (χ3v) is 7.72. The molecule has 1 amide bonds. The highest BCUT2D eigenvalue weighted by molar-refractivity contribution is 5.92. The van der Waals surface area contributed by atoms with Gasteiger partial charge in [-0.25, -0.2) is 4.98 Å². The van der Waals surface area contributed by atoms with Crippen molar-refractivity contribution < 1.29 is 4.79 Å². The largest absolute Gasteiger partial charge is 0.364 e. The molecule has 7 heteroatoms. The van der Waals surface area contributed by atoms with Crippen molar-refractivity contribution in [3.63, 3.8) is 0 Å². The van der Waals surface area contributed by atoms with Gasteiger partial charge in [0.1, 0.15) is 5.69 Å². The molecule has 0 spiro atoms. The second-order valence-corrected chi connectivity index (χ2v) is 9.65. The molecular formula is C26H29N5O2. The number of anilines is 1. The van der Waals surface area contributed by atoms with Gasteiger partial charge in [-0.3, -0.25) is 14.5 Å². The quantitative estimate of drug-likeness (QED) is 0.648. The van der Waals surface area contributed by atoms with Crippen LogP contribution in [0.5, 0.6) is 0 Å². The van der Waals surface area contributed by atoms with Crippen molar-refractivity contribution in [3.8, 4) is 0 Å². The van der Waals surface area contributed by atoms with Gasteiger partial charge in [-0.1, -0.05) is 12.1 Å². The van der Waals surface area contributed by atoms with Crippen LogP contribution in [0.15, 0.2) is 35.1 Å². The monoisotopic (exact) mass is 443 g/mol. The Morgan fingerprint density at radius 1 is 1.15 bits per heavy atom. The number of nitrogens with one attached hydrogen (secondary N) is 2. The number of rotatable bonds is 4. The molecule has 2 atom stereocenters. The Morgan fingerprint density at radius 2 is 2.00 bits per heavy atom. The minimum Gasteiger partial charge on any atom is -0.364 e. The molecule has 2 saturated heterocycles. The van der Waals surface area contributed by atoms with Crippen molar-refractivity contribution in [2.24, 2.45) is 0 Å². The number of carbonyl (C=O) groups is 1. The maximum atomic E-state index is 12.5. The van der Waals surface area contributed by atoms with Crippen LogP contribution >= 0.6 is 0 Å². The zero-order valence-electron chi connectivity index (χ0n) is 19.1.